The quantitative estimate of drug-likeness (QED) is 0.349. The first-order valence-electron chi connectivity index (χ1n) is 6.94. The third-order valence-corrected chi connectivity index (χ3v) is 5.54. The van der Waals surface area contributed by atoms with Crippen LogP contribution in [0.3, 0.4) is 0 Å². The van der Waals surface area contributed by atoms with Gasteiger partial charge in [-0.2, -0.15) is 0 Å². The highest BCUT2D eigenvalue weighted by atomic mass is 32.2. The molecule has 1 aliphatic rings. The Balaban J connectivity index is 2.09. The lowest BCUT2D eigenvalue weighted by atomic mass is 10.1. The predicted octanol–water partition coefficient (Wildman–Crippen LogP) is 3.57. The van der Waals surface area contributed by atoms with Crippen molar-refractivity contribution in [2.24, 2.45) is 0 Å². The average Bonchev–Trinajstić information content (AvgIpc) is 2.76. The first kappa shape index (κ1) is 17.1. The van der Waals surface area contributed by atoms with E-state index in [-0.39, 0.29) is 17.6 Å². The fourth-order valence-corrected chi connectivity index (χ4v) is 3.95. The van der Waals surface area contributed by atoms with E-state index in [1.54, 1.807) is 18.7 Å². The van der Waals surface area contributed by atoms with Gasteiger partial charge in [0.1, 0.15) is 0 Å². The van der Waals surface area contributed by atoms with Crippen LogP contribution >= 0.6 is 36.2 Å². The number of thiocarbonyl (C=S) groups is 2. The summed E-state index contributed by atoms with van der Waals surface area (Å²) in [4.78, 5) is 15.1. The van der Waals surface area contributed by atoms with Crippen LogP contribution in [0.2, 0.25) is 0 Å². The Morgan fingerprint density at radius 1 is 1.41 bits per heavy atom. The molecule has 1 fully saturated rings. The fraction of sp³-hybridized carbons (Fsp3) is 0.312. The standard InChI is InChI=1S/C16H17NO2S3/c1-3-19-15(18)10-13-16(21)17(2)14(22-13)9-12(20)11-7-5-4-6-8-11/h4-9,13H,3,10H2,1-2H3/b14-9-. The van der Waals surface area contributed by atoms with Crippen molar-refractivity contribution in [3.05, 3.63) is 47.0 Å². The van der Waals surface area contributed by atoms with Gasteiger partial charge in [-0.05, 0) is 18.6 Å². The first-order chi connectivity index (χ1) is 10.5. The molecule has 0 bridgehead atoms. The molecule has 1 aromatic carbocycles. The van der Waals surface area contributed by atoms with Crippen molar-refractivity contribution in [1.82, 2.24) is 4.90 Å². The Kier molecular flexibility index (Phi) is 6.11. The highest BCUT2D eigenvalue weighted by Gasteiger charge is 2.32. The summed E-state index contributed by atoms with van der Waals surface area (Å²) in [5, 5.41) is 0.900. The van der Waals surface area contributed by atoms with E-state index in [0.717, 1.165) is 20.4 Å². The zero-order chi connectivity index (χ0) is 16.1. The highest BCUT2D eigenvalue weighted by molar-refractivity contribution is 8.06. The normalized spacial score (nSPS) is 19.5. The second kappa shape index (κ2) is 7.85. The fourth-order valence-electron chi connectivity index (χ4n) is 2.03. The summed E-state index contributed by atoms with van der Waals surface area (Å²) in [7, 11) is 1.90. The Bertz CT molecular complexity index is 613. The van der Waals surface area contributed by atoms with Crippen LogP contribution in [-0.2, 0) is 9.53 Å². The van der Waals surface area contributed by atoms with Crippen LogP contribution in [0.15, 0.2) is 41.4 Å². The van der Waals surface area contributed by atoms with Crippen LogP contribution in [0.25, 0.3) is 0 Å². The number of nitrogens with zero attached hydrogens (tertiary/aromatic N) is 1. The van der Waals surface area contributed by atoms with Crippen LogP contribution in [-0.4, -0.2) is 39.6 Å². The molecule has 0 aliphatic carbocycles. The van der Waals surface area contributed by atoms with Crippen molar-refractivity contribution in [2.75, 3.05) is 13.7 Å². The number of esters is 1. The lowest BCUT2D eigenvalue weighted by Crippen LogP contribution is -2.25. The molecule has 0 amide bonds. The van der Waals surface area contributed by atoms with Gasteiger partial charge < -0.3 is 9.64 Å². The van der Waals surface area contributed by atoms with Gasteiger partial charge >= 0.3 is 5.97 Å². The molecule has 1 atom stereocenters. The van der Waals surface area contributed by atoms with Crippen LogP contribution in [0, 0.1) is 0 Å². The van der Waals surface area contributed by atoms with E-state index in [1.807, 2.05) is 48.4 Å². The summed E-state index contributed by atoms with van der Waals surface area (Å²) in [6, 6.07) is 9.83. The van der Waals surface area contributed by atoms with Crippen LogP contribution in [0.4, 0.5) is 0 Å². The molecule has 22 heavy (non-hydrogen) atoms. The maximum absolute atomic E-state index is 11.6. The van der Waals surface area contributed by atoms with Crippen LogP contribution in [0.5, 0.6) is 0 Å². The molecule has 0 aromatic heterocycles. The Hall–Kier alpha value is -1.24. The summed E-state index contributed by atoms with van der Waals surface area (Å²) in [5.41, 5.74) is 0.999. The topological polar surface area (TPSA) is 29.5 Å². The van der Waals surface area contributed by atoms with Gasteiger partial charge in [0.15, 0.2) is 0 Å². The van der Waals surface area contributed by atoms with E-state index in [4.69, 9.17) is 29.2 Å². The predicted molar refractivity (Wildman–Crippen MR) is 99.2 cm³/mol. The van der Waals surface area contributed by atoms with Crippen LogP contribution in [0.1, 0.15) is 18.9 Å². The lowest BCUT2D eigenvalue weighted by Gasteiger charge is -2.12. The largest absolute Gasteiger partial charge is 0.466 e. The van der Waals surface area contributed by atoms with Crippen molar-refractivity contribution in [3.8, 4) is 0 Å². The van der Waals surface area contributed by atoms with E-state index in [0.29, 0.717) is 6.61 Å². The van der Waals surface area contributed by atoms with Gasteiger partial charge in [-0.1, -0.05) is 66.5 Å². The molecule has 1 aromatic rings. The number of thioether (sulfide) groups is 1. The van der Waals surface area contributed by atoms with Gasteiger partial charge in [0, 0.05) is 11.9 Å². The van der Waals surface area contributed by atoms with Crippen molar-refractivity contribution >= 4 is 52.0 Å². The third-order valence-electron chi connectivity index (χ3n) is 3.17. The van der Waals surface area contributed by atoms with Crippen molar-refractivity contribution in [3.63, 3.8) is 0 Å². The minimum absolute atomic E-state index is 0.0659. The molecule has 0 saturated carbocycles. The van der Waals surface area contributed by atoms with Gasteiger partial charge in [-0.3, -0.25) is 4.79 Å². The van der Waals surface area contributed by atoms with Crippen molar-refractivity contribution in [2.45, 2.75) is 18.6 Å². The maximum atomic E-state index is 11.6. The van der Waals surface area contributed by atoms with Gasteiger partial charge in [0.05, 0.1) is 28.3 Å². The van der Waals surface area contributed by atoms with E-state index in [2.05, 4.69) is 0 Å². The summed E-state index contributed by atoms with van der Waals surface area (Å²) >= 11 is 12.5. The molecule has 0 spiro atoms. The minimum atomic E-state index is -0.220. The second-order valence-corrected chi connectivity index (χ2v) is 6.81. The number of rotatable bonds is 5. The molecule has 0 radical (unpaired) electrons. The molecular formula is C16H17NO2S3. The van der Waals surface area contributed by atoms with E-state index >= 15 is 0 Å². The summed E-state index contributed by atoms with van der Waals surface area (Å²) in [5.74, 6) is -0.220. The monoisotopic (exact) mass is 351 g/mol. The average molecular weight is 352 g/mol. The molecular weight excluding hydrogens is 334 g/mol. The number of hydrogen-bond acceptors (Lipinski definition) is 5. The first-order valence-corrected chi connectivity index (χ1v) is 8.63. The molecule has 2 rings (SSSR count). The Labute approximate surface area is 145 Å². The highest BCUT2D eigenvalue weighted by Crippen LogP contribution is 2.37. The summed E-state index contributed by atoms with van der Waals surface area (Å²) in [6.45, 7) is 2.19. The Morgan fingerprint density at radius 2 is 2.09 bits per heavy atom. The summed E-state index contributed by atoms with van der Waals surface area (Å²) < 4.78 is 5.00. The van der Waals surface area contributed by atoms with E-state index < -0.39 is 0 Å². The SMILES string of the molecule is CCOC(=O)CC1S/C(=C\C(=S)c2ccccc2)N(C)C1=S. The third kappa shape index (κ3) is 4.15. The number of ether oxygens (including phenoxy) is 1. The number of hydrogen-bond donors (Lipinski definition) is 0. The molecule has 1 aliphatic heterocycles. The van der Waals surface area contributed by atoms with E-state index in [1.165, 1.54) is 0 Å². The van der Waals surface area contributed by atoms with Gasteiger partial charge in [-0.25, -0.2) is 0 Å². The zero-order valence-electron chi connectivity index (χ0n) is 12.4. The molecule has 116 valence electrons. The molecule has 1 saturated heterocycles. The van der Waals surface area contributed by atoms with Gasteiger partial charge in [-0.15, -0.1) is 0 Å². The summed E-state index contributed by atoms with van der Waals surface area (Å²) in [6.07, 6.45) is 2.23. The molecule has 3 nitrogen and oxygen atoms in total. The number of carbonyl (C=O) groups is 1. The number of allylic oxidation sites excluding steroid dienone is 1. The molecule has 1 heterocycles. The Morgan fingerprint density at radius 3 is 2.73 bits per heavy atom. The maximum Gasteiger partial charge on any atom is 0.307 e. The number of carbonyl (C=O) groups excluding carboxylic acids is 1. The molecule has 6 heteroatoms. The number of benzene rings is 1. The zero-order valence-corrected chi connectivity index (χ0v) is 14.9. The van der Waals surface area contributed by atoms with E-state index in [9.17, 15) is 4.79 Å². The van der Waals surface area contributed by atoms with Crippen LogP contribution < -0.4 is 0 Å². The molecule has 0 N–H and O–H groups in total. The van der Waals surface area contributed by atoms with Crippen molar-refractivity contribution < 1.29 is 9.53 Å². The minimum Gasteiger partial charge on any atom is -0.466 e. The van der Waals surface area contributed by atoms with Gasteiger partial charge in [0.25, 0.3) is 0 Å². The van der Waals surface area contributed by atoms with Crippen molar-refractivity contribution in [1.29, 1.82) is 0 Å². The smallest absolute Gasteiger partial charge is 0.307 e. The molecule has 1 unspecified atom stereocenters. The second-order valence-electron chi connectivity index (χ2n) is 4.73. The lowest BCUT2D eigenvalue weighted by molar-refractivity contribution is -0.142. The van der Waals surface area contributed by atoms with Gasteiger partial charge in [0.2, 0.25) is 0 Å².